The fourth-order valence-electron chi connectivity index (χ4n) is 1.50. The summed E-state index contributed by atoms with van der Waals surface area (Å²) in [5.74, 6) is 1.01. The molecule has 2 aromatic rings. The number of hydrogen-bond acceptors (Lipinski definition) is 3. The Morgan fingerprint density at radius 2 is 1.85 bits per heavy atom. The minimum atomic E-state index is -0.291. The predicted molar refractivity (Wildman–Crippen MR) is 81.4 cm³/mol. The maximum Gasteiger partial charge on any atom is 0.176 e. The molecule has 0 atom stereocenters. The summed E-state index contributed by atoms with van der Waals surface area (Å²) in [5, 5.41) is 10.1. The molecular weight excluding hydrogens is 277 g/mol. The molecule has 0 bridgehead atoms. The molecule has 2 rings (SSSR count). The molecule has 1 heterocycles. The van der Waals surface area contributed by atoms with Gasteiger partial charge in [-0.1, -0.05) is 25.9 Å². The molecule has 1 aromatic heterocycles. The molecule has 0 aliphatic heterocycles. The van der Waals surface area contributed by atoms with Crippen LogP contribution in [0.3, 0.4) is 0 Å². The molecule has 0 spiro atoms. The maximum absolute atomic E-state index is 12.8. The van der Waals surface area contributed by atoms with Gasteiger partial charge in [-0.2, -0.15) is 0 Å². The minimum Gasteiger partial charge on any atom is -0.359 e. The fourth-order valence-corrected chi connectivity index (χ4v) is 1.72. The van der Waals surface area contributed by atoms with Crippen molar-refractivity contribution in [1.29, 1.82) is 0 Å². The lowest BCUT2D eigenvalue weighted by Crippen LogP contribution is -2.19. The zero-order valence-corrected chi connectivity index (χ0v) is 12.3. The Morgan fingerprint density at radius 1 is 1.20 bits per heavy atom. The largest absolute Gasteiger partial charge is 0.359 e. The van der Waals surface area contributed by atoms with Crippen molar-refractivity contribution >= 4 is 28.8 Å². The Labute approximate surface area is 122 Å². The van der Waals surface area contributed by atoms with Gasteiger partial charge in [0.2, 0.25) is 0 Å². The number of aromatic nitrogens is 1. The van der Waals surface area contributed by atoms with E-state index in [1.807, 2.05) is 20.8 Å². The van der Waals surface area contributed by atoms with Crippen molar-refractivity contribution in [2.24, 2.45) is 0 Å². The normalized spacial score (nSPS) is 11.2. The molecule has 0 radical (unpaired) electrons. The summed E-state index contributed by atoms with van der Waals surface area (Å²) in [4.78, 5) is 0. The smallest absolute Gasteiger partial charge is 0.176 e. The first-order valence-corrected chi connectivity index (χ1v) is 6.56. The molecule has 0 aliphatic carbocycles. The van der Waals surface area contributed by atoms with Gasteiger partial charge in [0, 0.05) is 17.2 Å². The van der Waals surface area contributed by atoms with Crippen LogP contribution >= 0.6 is 12.2 Å². The van der Waals surface area contributed by atoms with Crippen LogP contribution in [0.15, 0.2) is 34.9 Å². The Bertz CT molecular complexity index is 602. The molecule has 0 unspecified atom stereocenters. The zero-order valence-electron chi connectivity index (χ0n) is 11.5. The van der Waals surface area contributed by atoms with E-state index in [-0.39, 0.29) is 11.2 Å². The van der Waals surface area contributed by atoms with Crippen LogP contribution < -0.4 is 10.6 Å². The lowest BCUT2D eigenvalue weighted by atomic mass is 9.93. The second kappa shape index (κ2) is 5.58. The van der Waals surface area contributed by atoms with Gasteiger partial charge in [-0.25, -0.2) is 4.39 Å². The molecule has 2 N–H and O–H groups in total. The minimum absolute atomic E-state index is 0.112. The summed E-state index contributed by atoms with van der Waals surface area (Å²) in [7, 11) is 0. The fraction of sp³-hybridized carbons (Fsp3) is 0.286. The number of nitrogens with zero attached hydrogens (tertiary/aromatic N) is 1. The number of anilines is 2. The molecule has 0 saturated carbocycles. The van der Waals surface area contributed by atoms with E-state index in [2.05, 4.69) is 15.8 Å². The molecule has 1 aromatic carbocycles. The third-order valence-corrected chi connectivity index (χ3v) is 2.80. The van der Waals surface area contributed by atoms with Crippen molar-refractivity contribution in [3.05, 3.63) is 41.9 Å². The van der Waals surface area contributed by atoms with Crippen molar-refractivity contribution in [3.8, 4) is 0 Å². The van der Waals surface area contributed by atoms with Crippen LogP contribution in [0.2, 0.25) is 0 Å². The summed E-state index contributed by atoms with van der Waals surface area (Å²) < 4.78 is 18.0. The van der Waals surface area contributed by atoms with Crippen LogP contribution in [0.1, 0.15) is 26.5 Å². The Balaban J connectivity index is 1.98. The predicted octanol–water partition coefficient (Wildman–Crippen LogP) is 3.92. The van der Waals surface area contributed by atoms with Gasteiger partial charge in [-0.3, -0.25) is 0 Å². The maximum atomic E-state index is 12.8. The van der Waals surface area contributed by atoms with Crippen LogP contribution in [0.25, 0.3) is 0 Å². The topological polar surface area (TPSA) is 50.1 Å². The van der Waals surface area contributed by atoms with E-state index < -0.39 is 0 Å². The second-order valence-electron chi connectivity index (χ2n) is 5.41. The van der Waals surface area contributed by atoms with E-state index in [9.17, 15) is 4.39 Å². The van der Waals surface area contributed by atoms with Crippen molar-refractivity contribution < 1.29 is 8.91 Å². The lowest BCUT2D eigenvalue weighted by molar-refractivity contribution is 0.331. The van der Waals surface area contributed by atoms with Crippen LogP contribution in [-0.2, 0) is 5.41 Å². The molecule has 6 heteroatoms. The molecule has 0 amide bonds. The number of benzene rings is 1. The molecule has 0 saturated heterocycles. The van der Waals surface area contributed by atoms with Gasteiger partial charge in [0.1, 0.15) is 11.6 Å². The highest BCUT2D eigenvalue weighted by Crippen LogP contribution is 2.24. The second-order valence-corrected chi connectivity index (χ2v) is 5.82. The highest BCUT2D eigenvalue weighted by atomic mass is 32.1. The van der Waals surface area contributed by atoms with Gasteiger partial charge in [0.05, 0.1) is 0 Å². The molecule has 0 fully saturated rings. The van der Waals surface area contributed by atoms with E-state index in [0.717, 1.165) is 5.76 Å². The van der Waals surface area contributed by atoms with Gasteiger partial charge in [0.15, 0.2) is 10.9 Å². The summed E-state index contributed by atoms with van der Waals surface area (Å²) in [6, 6.07) is 7.73. The van der Waals surface area contributed by atoms with Crippen molar-refractivity contribution in [2.45, 2.75) is 26.2 Å². The van der Waals surface area contributed by atoms with Crippen LogP contribution in [0, 0.1) is 5.82 Å². The Morgan fingerprint density at radius 3 is 2.40 bits per heavy atom. The molecule has 0 aliphatic rings. The standard InChI is InChI=1S/C14H16FN3OS/c1-14(2,3)11-8-12(18-19-11)17-13(20)16-10-6-4-9(15)5-7-10/h4-8H,1-3H3,(H2,16,17,18,20). The zero-order chi connectivity index (χ0) is 14.8. The monoisotopic (exact) mass is 293 g/mol. The van der Waals surface area contributed by atoms with Crippen LogP contribution in [0.4, 0.5) is 15.9 Å². The van der Waals surface area contributed by atoms with Gasteiger partial charge in [-0.05, 0) is 36.5 Å². The van der Waals surface area contributed by atoms with E-state index >= 15 is 0 Å². The molecule has 4 nitrogen and oxygen atoms in total. The summed E-state index contributed by atoms with van der Waals surface area (Å²) in [6.45, 7) is 6.10. The number of halogens is 1. The van der Waals surface area contributed by atoms with Crippen molar-refractivity contribution in [2.75, 3.05) is 10.6 Å². The average molecular weight is 293 g/mol. The summed E-state index contributed by atoms with van der Waals surface area (Å²) in [5.41, 5.74) is 0.585. The van der Waals surface area contributed by atoms with E-state index in [1.165, 1.54) is 12.1 Å². The summed E-state index contributed by atoms with van der Waals surface area (Å²) >= 11 is 5.16. The number of hydrogen-bond donors (Lipinski definition) is 2. The number of nitrogens with one attached hydrogen (secondary N) is 2. The molecule has 106 valence electrons. The van der Waals surface area contributed by atoms with Gasteiger partial charge < -0.3 is 15.2 Å². The molecule has 20 heavy (non-hydrogen) atoms. The quantitative estimate of drug-likeness (QED) is 0.822. The van der Waals surface area contributed by atoms with E-state index in [1.54, 1.807) is 18.2 Å². The van der Waals surface area contributed by atoms with E-state index in [4.69, 9.17) is 16.7 Å². The Hall–Kier alpha value is -1.95. The van der Waals surface area contributed by atoms with Crippen LogP contribution in [0.5, 0.6) is 0 Å². The number of thiocarbonyl (C=S) groups is 1. The van der Waals surface area contributed by atoms with Crippen molar-refractivity contribution in [1.82, 2.24) is 5.16 Å². The van der Waals surface area contributed by atoms with Crippen molar-refractivity contribution in [3.63, 3.8) is 0 Å². The average Bonchev–Trinajstić information content (AvgIpc) is 2.80. The van der Waals surface area contributed by atoms with Gasteiger partial charge in [0.25, 0.3) is 0 Å². The van der Waals surface area contributed by atoms with Gasteiger partial charge in [-0.15, -0.1) is 0 Å². The van der Waals surface area contributed by atoms with E-state index in [0.29, 0.717) is 16.6 Å². The SMILES string of the molecule is CC(C)(C)c1cc(NC(=S)Nc2ccc(F)cc2)no1. The highest BCUT2D eigenvalue weighted by Gasteiger charge is 2.19. The first-order valence-electron chi connectivity index (χ1n) is 6.15. The third kappa shape index (κ3) is 3.77. The lowest BCUT2D eigenvalue weighted by Gasteiger charge is -2.12. The van der Waals surface area contributed by atoms with Crippen LogP contribution in [-0.4, -0.2) is 10.3 Å². The summed E-state index contributed by atoms with van der Waals surface area (Å²) in [6.07, 6.45) is 0. The molecular formula is C14H16FN3OS. The third-order valence-electron chi connectivity index (χ3n) is 2.59. The highest BCUT2D eigenvalue weighted by molar-refractivity contribution is 7.80. The van der Waals surface area contributed by atoms with Gasteiger partial charge >= 0.3 is 0 Å². The first kappa shape index (κ1) is 14.5. The first-order chi connectivity index (χ1) is 9.34. The number of rotatable bonds is 2. The Kier molecular flexibility index (Phi) is 4.04.